The highest BCUT2D eigenvalue weighted by atomic mass is 16.5. The van der Waals surface area contributed by atoms with E-state index in [-0.39, 0.29) is 18.2 Å². The largest absolute Gasteiger partial charge is 0.481 e. The Morgan fingerprint density at radius 2 is 1.90 bits per heavy atom. The molecule has 0 atom stereocenters. The Balaban J connectivity index is 1.63. The number of rotatable bonds is 3. The quantitative estimate of drug-likeness (QED) is 0.924. The maximum Gasteiger partial charge on any atom is 0.303 e. The van der Waals surface area contributed by atoms with Crippen LogP contribution in [0.5, 0.6) is 0 Å². The maximum atomic E-state index is 12.5. The second-order valence-corrected chi connectivity index (χ2v) is 5.81. The van der Waals surface area contributed by atoms with E-state index in [9.17, 15) is 9.59 Å². The van der Waals surface area contributed by atoms with Crippen LogP contribution in [0.15, 0.2) is 18.2 Å². The number of carbonyl (C=O) groups is 2. The molecule has 5 nitrogen and oxygen atoms in total. The summed E-state index contributed by atoms with van der Waals surface area (Å²) in [5.74, 6) is -0.517. The number of carbonyl (C=O) groups excluding carboxylic acids is 1. The first-order valence-corrected chi connectivity index (χ1v) is 7.34. The number of hydrogen-bond acceptors (Lipinski definition) is 3. The van der Waals surface area contributed by atoms with Gasteiger partial charge in [-0.2, -0.15) is 0 Å². The van der Waals surface area contributed by atoms with Crippen LogP contribution in [-0.4, -0.2) is 35.0 Å². The number of fused-ring (bicyclic) bond motifs is 1. The highest BCUT2D eigenvalue weighted by molar-refractivity contribution is 5.94. The van der Waals surface area contributed by atoms with Crippen LogP contribution in [0.1, 0.15) is 40.7 Å². The van der Waals surface area contributed by atoms with Crippen LogP contribution in [-0.2, 0) is 22.7 Å². The van der Waals surface area contributed by atoms with E-state index in [4.69, 9.17) is 9.84 Å². The third-order valence-electron chi connectivity index (χ3n) is 4.33. The van der Waals surface area contributed by atoms with E-state index in [2.05, 4.69) is 0 Å². The number of ether oxygens (including phenoxy) is 1. The Morgan fingerprint density at radius 3 is 2.62 bits per heavy atom. The zero-order chi connectivity index (χ0) is 14.8. The van der Waals surface area contributed by atoms with Crippen molar-refractivity contribution >= 4 is 11.9 Å². The fourth-order valence-electron chi connectivity index (χ4n) is 3.07. The number of benzene rings is 1. The van der Waals surface area contributed by atoms with Crippen molar-refractivity contribution in [1.29, 1.82) is 0 Å². The molecule has 5 heteroatoms. The van der Waals surface area contributed by atoms with E-state index in [1.807, 2.05) is 23.1 Å². The van der Waals surface area contributed by atoms with Crippen LogP contribution in [0.25, 0.3) is 0 Å². The van der Waals surface area contributed by atoms with Gasteiger partial charge in [-0.05, 0) is 42.0 Å². The van der Waals surface area contributed by atoms with E-state index in [1.165, 1.54) is 0 Å². The lowest BCUT2D eigenvalue weighted by molar-refractivity contribution is -0.138. The first kappa shape index (κ1) is 14.1. The molecule has 112 valence electrons. The van der Waals surface area contributed by atoms with Crippen LogP contribution in [0.3, 0.4) is 0 Å². The molecule has 1 aromatic carbocycles. The average Bonchev–Trinajstić information content (AvgIpc) is 2.94. The number of carboxylic acids is 1. The van der Waals surface area contributed by atoms with Crippen molar-refractivity contribution in [2.24, 2.45) is 5.92 Å². The number of likely N-dealkylation sites (tertiary alicyclic amines) is 1. The van der Waals surface area contributed by atoms with Crippen molar-refractivity contribution in [3.8, 4) is 0 Å². The van der Waals surface area contributed by atoms with Gasteiger partial charge in [0.2, 0.25) is 0 Å². The molecule has 0 saturated carbocycles. The van der Waals surface area contributed by atoms with Gasteiger partial charge in [0.25, 0.3) is 5.91 Å². The minimum Gasteiger partial charge on any atom is -0.481 e. The molecule has 0 unspecified atom stereocenters. The lowest BCUT2D eigenvalue weighted by Gasteiger charge is -2.31. The summed E-state index contributed by atoms with van der Waals surface area (Å²) in [5.41, 5.74) is 2.96. The molecule has 0 radical (unpaired) electrons. The molecule has 2 aliphatic heterocycles. The van der Waals surface area contributed by atoms with Gasteiger partial charge >= 0.3 is 5.97 Å². The van der Waals surface area contributed by atoms with Crippen LogP contribution < -0.4 is 0 Å². The van der Waals surface area contributed by atoms with E-state index in [0.717, 1.165) is 24.0 Å². The first-order chi connectivity index (χ1) is 10.1. The summed E-state index contributed by atoms with van der Waals surface area (Å²) < 4.78 is 5.37. The number of piperidine rings is 1. The Bertz CT molecular complexity index is 561. The van der Waals surface area contributed by atoms with E-state index in [1.54, 1.807) is 0 Å². The van der Waals surface area contributed by atoms with Gasteiger partial charge in [0.15, 0.2) is 0 Å². The van der Waals surface area contributed by atoms with Crippen LogP contribution >= 0.6 is 0 Å². The minimum absolute atomic E-state index is 0.0403. The SMILES string of the molecule is O=C(O)CC1CCN(C(=O)c2ccc3c(c2)COC3)CC1. The summed E-state index contributed by atoms with van der Waals surface area (Å²) in [6, 6.07) is 5.75. The third-order valence-corrected chi connectivity index (χ3v) is 4.33. The molecule has 21 heavy (non-hydrogen) atoms. The fraction of sp³-hybridized carbons (Fsp3) is 0.500. The van der Waals surface area contributed by atoms with Gasteiger partial charge in [-0.3, -0.25) is 9.59 Å². The molecule has 2 heterocycles. The molecule has 1 aromatic rings. The Hall–Kier alpha value is -1.88. The third kappa shape index (κ3) is 3.08. The number of nitrogens with zero attached hydrogens (tertiary/aromatic N) is 1. The topological polar surface area (TPSA) is 66.8 Å². The normalized spacial score (nSPS) is 18.6. The van der Waals surface area contributed by atoms with E-state index >= 15 is 0 Å². The van der Waals surface area contributed by atoms with Gasteiger partial charge in [0.1, 0.15) is 0 Å². The summed E-state index contributed by atoms with van der Waals surface area (Å²) in [4.78, 5) is 25.0. The number of aliphatic carboxylic acids is 1. The van der Waals surface area contributed by atoms with Crippen LogP contribution in [0, 0.1) is 5.92 Å². The number of carboxylic acid groups (broad SMARTS) is 1. The Kier molecular flexibility index (Phi) is 3.92. The fourth-order valence-corrected chi connectivity index (χ4v) is 3.07. The van der Waals surface area contributed by atoms with Gasteiger partial charge in [-0.25, -0.2) is 0 Å². The lowest BCUT2D eigenvalue weighted by Crippen LogP contribution is -2.38. The molecular formula is C16H19NO4. The molecule has 0 aliphatic carbocycles. The maximum absolute atomic E-state index is 12.5. The summed E-state index contributed by atoms with van der Waals surface area (Å²) in [7, 11) is 0. The van der Waals surface area contributed by atoms with E-state index < -0.39 is 5.97 Å². The molecule has 1 amide bonds. The van der Waals surface area contributed by atoms with Crippen molar-refractivity contribution in [3.05, 3.63) is 34.9 Å². The highest BCUT2D eigenvalue weighted by Crippen LogP contribution is 2.24. The van der Waals surface area contributed by atoms with Crippen LogP contribution in [0.2, 0.25) is 0 Å². The highest BCUT2D eigenvalue weighted by Gasteiger charge is 2.25. The van der Waals surface area contributed by atoms with Crippen LogP contribution in [0.4, 0.5) is 0 Å². The van der Waals surface area contributed by atoms with Gasteiger partial charge < -0.3 is 14.7 Å². The zero-order valence-corrected chi connectivity index (χ0v) is 11.9. The van der Waals surface area contributed by atoms with Crippen molar-refractivity contribution in [2.75, 3.05) is 13.1 Å². The molecule has 0 aromatic heterocycles. The standard InChI is InChI=1S/C16H19NO4/c18-15(19)7-11-3-5-17(6-4-11)16(20)12-1-2-13-9-21-10-14(13)8-12/h1-2,8,11H,3-7,9-10H2,(H,18,19). The monoisotopic (exact) mass is 289 g/mol. The number of hydrogen-bond donors (Lipinski definition) is 1. The first-order valence-electron chi connectivity index (χ1n) is 7.34. The van der Waals surface area contributed by atoms with Gasteiger partial charge in [0, 0.05) is 25.1 Å². The smallest absolute Gasteiger partial charge is 0.303 e. The summed E-state index contributed by atoms with van der Waals surface area (Å²) in [5, 5.41) is 8.82. The lowest BCUT2D eigenvalue weighted by atomic mass is 9.93. The Morgan fingerprint density at radius 1 is 1.19 bits per heavy atom. The van der Waals surface area contributed by atoms with E-state index in [0.29, 0.717) is 31.9 Å². The second kappa shape index (κ2) is 5.85. The molecule has 1 N–H and O–H groups in total. The van der Waals surface area contributed by atoms with Crippen molar-refractivity contribution < 1.29 is 19.4 Å². The van der Waals surface area contributed by atoms with Gasteiger partial charge in [-0.15, -0.1) is 0 Å². The van der Waals surface area contributed by atoms with Crippen molar-refractivity contribution in [3.63, 3.8) is 0 Å². The predicted octanol–water partition coefficient (Wildman–Crippen LogP) is 2.04. The van der Waals surface area contributed by atoms with Crippen molar-refractivity contribution in [2.45, 2.75) is 32.5 Å². The minimum atomic E-state index is -0.751. The summed E-state index contributed by atoms with van der Waals surface area (Å²) in [6.07, 6.45) is 1.75. The molecule has 1 saturated heterocycles. The molecule has 0 bridgehead atoms. The predicted molar refractivity (Wildman–Crippen MR) is 75.8 cm³/mol. The second-order valence-electron chi connectivity index (χ2n) is 5.81. The average molecular weight is 289 g/mol. The van der Waals surface area contributed by atoms with Gasteiger partial charge in [-0.1, -0.05) is 6.07 Å². The summed E-state index contributed by atoms with van der Waals surface area (Å²) in [6.45, 7) is 2.50. The molecule has 2 aliphatic rings. The van der Waals surface area contributed by atoms with Gasteiger partial charge in [0.05, 0.1) is 13.2 Å². The van der Waals surface area contributed by atoms with Crippen molar-refractivity contribution in [1.82, 2.24) is 4.90 Å². The molecule has 0 spiro atoms. The zero-order valence-electron chi connectivity index (χ0n) is 11.9. The molecular weight excluding hydrogens is 270 g/mol. The molecule has 3 rings (SSSR count). The summed E-state index contributed by atoms with van der Waals surface area (Å²) >= 11 is 0. The molecule has 1 fully saturated rings. The number of amides is 1. The Labute approximate surface area is 123 Å².